The summed E-state index contributed by atoms with van der Waals surface area (Å²) in [5.74, 6) is -1.60. The SMILES string of the molecule is O=[N+]([O-])CCCCCOc1ccc(F)c(F)c1. The molecule has 94 valence electrons. The average molecular weight is 245 g/mol. The van der Waals surface area contributed by atoms with E-state index in [0.29, 0.717) is 25.9 Å². The molecule has 0 saturated heterocycles. The van der Waals surface area contributed by atoms with Crippen LogP contribution in [0.3, 0.4) is 0 Å². The van der Waals surface area contributed by atoms with Gasteiger partial charge < -0.3 is 4.74 Å². The number of nitrogens with zero attached hydrogens (tertiary/aromatic N) is 1. The molecule has 1 rings (SSSR count). The van der Waals surface area contributed by atoms with Crippen LogP contribution in [0.15, 0.2) is 18.2 Å². The van der Waals surface area contributed by atoms with Crippen molar-refractivity contribution in [1.29, 1.82) is 0 Å². The van der Waals surface area contributed by atoms with Crippen molar-refractivity contribution < 1.29 is 18.4 Å². The van der Waals surface area contributed by atoms with E-state index in [9.17, 15) is 18.9 Å². The molecule has 0 spiro atoms. The Morgan fingerprint density at radius 1 is 1.18 bits per heavy atom. The van der Waals surface area contributed by atoms with Gasteiger partial charge in [0.2, 0.25) is 6.54 Å². The number of rotatable bonds is 7. The molecule has 0 fully saturated rings. The zero-order valence-corrected chi connectivity index (χ0v) is 9.20. The van der Waals surface area contributed by atoms with E-state index in [1.54, 1.807) is 0 Å². The van der Waals surface area contributed by atoms with Gasteiger partial charge in [0.1, 0.15) is 5.75 Å². The molecule has 1 aromatic carbocycles. The van der Waals surface area contributed by atoms with Crippen LogP contribution in [0.5, 0.6) is 5.75 Å². The zero-order valence-electron chi connectivity index (χ0n) is 9.20. The number of hydrogen-bond donors (Lipinski definition) is 0. The molecule has 0 atom stereocenters. The third-order valence-electron chi connectivity index (χ3n) is 2.14. The van der Waals surface area contributed by atoms with Gasteiger partial charge >= 0.3 is 0 Å². The van der Waals surface area contributed by atoms with Crippen molar-refractivity contribution in [2.45, 2.75) is 19.3 Å². The van der Waals surface area contributed by atoms with Crippen LogP contribution in [-0.2, 0) is 0 Å². The average Bonchev–Trinajstić information content (AvgIpc) is 2.27. The molecular formula is C11H13F2NO3. The van der Waals surface area contributed by atoms with Crippen molar-refractivity contribution >= 4 is 0 Å². The van der Waals surface area contributed by atoms with Gasteiger partial charge in [-0.1, -0.05) is 0 Å². The number of hydrogen-bond acceptors (Lipinski definition) is 3. The fourth-order valence-electron chi connectivity index (χ4n) is 1.28. The lowest BCUT2D eigenvalue weighted by Gasteiger charge is -2.05. The van der Waals surface area contributed by atoms with E-state index in [0.717, 1.165) is 12.1 Å². The van der Waals surface area contributed by atoms with Gasteiger partial charge in [-0.2, -0.15) is 0 Å². The molecule has 4 nitrogen and oxygen atoms in total. The summed E-state index contributed by atoms with van der Waals surface area (Å²) >= 11 is 0. The highest BCUT2D eigenvalue weighted by molar-refractivity contribution is 5.23. The Labute approximate surface area is 97.4 Å². The molecule has 0 aliphatic rings. The van der Waals surface area contributed by atoms with E-state index < -0.39 is 11.6 Å². The first-order chi connectivity index (χ1) is 8.09. The lowest BCUT2D eigenvalue weighted by Crippen LogP contribution is -2.02. The van der Waals surface area contributed by atoms with Crippen LogP contribution in [0, 0.1) is 21.7 Å². The van der Waals surface area contributed by atoms with Crippen molar-refractivity contribution in [1.82, 2.24) is 0 Å². The molecule has 0 aliphatic heterocycles. The number of nitro groups is 1. The van der Waals surface area contributed by atoms with Gasteiger partial charge in [-0.3, -0.25) is 10.1 Å². The lowest BCUT2D eigenvalue weighted by molar-refractivity contribution is -0.480. The highest BCUT2D eigenvalue weighted by Crippen LogP contribution is 2.15. The monoisotopic (exact) mass is 245 g/mol. The molecule has 0 amide bonds. The summed E-state index contributed by atoms with van der Waals surface area (Å²) < 4.78 is 30.5. The van der Waals surface area contributed by atoms with Gasteiger partial charge in [0.05, 0.1) is 6.61 Å². The smallest absolute Gasteiger partial charge is 0.203 e. The zero-order chi connectivity index (χ0) is 12.7. The fourth-order valence-corrected chi connectivity index (χ4v) is 1.28. The van der Waals surface area contributed by atoms with Gasteiger partial charge in [0, 0.05) is 17.4 Å². The largest absolute Gasteiger partial charge is 0.493 e. The minimum atomic E-state index is -0.948. The van der Waals surface area contributed by atoms with Gasteiger partial charge in [-0.15, -0.1) is 0 Å². The maximum absolute atomic E-state index is 12.8. The molecule has 1 aromatic rings. The van der Waals surface area contributed by atoms with Gasteiger partial charge in [-0.05, 0) is 25.0 Å². The second-order valence-corrected chi connectivity index (χ2v) is 3.54. The molecule has 0 radical (unpaired) electrons. The molecule has 0 aromatic heterocycles. The van der Waals surface area contributed by atoms with E-state index in [1.165, 1.54) is 6.07 Å². The van der Waals surface area contributed by atoms with Crippen molar-refractivity contribution in [3.05, 3.63) is 39.9 Å². The van der Waals surface area contributed by atoms with Gasteiger partial charge in [0.15, 0.2) is 11.6 Å². The first kappa shape index (κ1) is 13.3. The third-order valence-corrected chi connectivity index (χ3v) is 2.14. The summed E-state index contributed by atoms with van der Waals surface area (Å²) in [5.41, 5.74) is 0. The first-order valence-electron chi connectivity index (χ1n) is 5.29. The first-order valence-corrected chi connectivity index (χ1v) is 5.29. The second kappa shape index (κ2) is 6.78. The van der Waals surface area contributed by atoms with Crippen LogP contribution in [0.2, 0.25) is 0 Å². The standard InChI is InChI=1S/C11H13F2NO3/c12-10-5-4-9(8-11(10)13)17-7-3-1-2-6-14(15)16/h4-5,8H,1-3,6-7H2. The Kier molecular flexibility index (Phi) is 5.32. The van der Waals surface area contributed by atoms with E-state index in [1.807, 2.05) is 0 Å². The summed E-state index contributed by atoms with van der Waals surface area (Å²) in [6, 6.07) is 3.32. The Balaban J connectivity index is 2.18. The van der Waals surface area contributed by atoms with Gasteiger partial charge in [-0.25, -0.2) is 8.78 Å². The summed E-state index contributed by atoms with van der Waals surface area (Å²) in [6.07, 6.45) is 1.81. The Hall–Kier alpha value is -1.72. The molecule has 0 bridgehead atoms. The summed E-state index contributed by atoms with van der Waals surface area (Å²) in [7, 11) is 0. The predicted octanol–water partition coefficient (Wildman–Crippen LogP) is 2.79. The molecule has 0 unspecified atom stereocenters. The fraction of sp³-hybridized carbons (Fsp3) is 0.455. The van der Waals surface area contributed by atoms with E-state index in [4.69, 9.17) is 4.74 Å². The van der Waals surface area contributed by atoms with Gasteiger partial charge in [0.25, 0.3) is 0 Å². The molecule has 0 heterocycles. The van der Waals surface area contributed by atoms with E-state index in [-0.39, 0.29) is 17.2 Å². The topological polar surface area (TPSA) is 52.4 Å². The van der Waals surface area contributed by atoms with Crippen molar-refractivity contribution in [3.63, 3.8) is 0 Å². The quantitative estimate of drug-likeness (QED) is 0.421. The van der Waals surface area contributed by atoms with Crippen LogP contribution in [-0.4, -0.2) is 18.1 Å². The lowest BCUT2D eigenvalue weighted by atomic mass is 10.2. The second-order valence-electron chi connectivity index (χ2n) is 3.54. The van der Waals surface area contributed by atoms with E-state index in [2.05, 4.69) is 0 Å². The number of benzene rings is 1. The Morgan fingerprint density at radius 3 is 2.59 bits per heavy atom. The summed E-state index contributed by atoms with van der Waals surface area (Å²) in [5, 5.41) is 10.0. The molecule has 0 N–H and O–H groups in total. The third kappa shape index (κ3) is 5.24. The van der Waals surface area contributed by atoms with Crippen LogP contribution in [0.1, 0.15) is 19.3 Å². The van der Waals surface area contributed by atoms with Crippen molar-refractivity contribution in [2.24, 2.45) is 0 Å². The molecule has 6 heteroatoms. The maximum Gasteiger partial charge on any atom is 0.203 e. The minimum Gasteiger partial charge on any atom is -0.493 e. The summed E-state index contributed by atoms with van der Waals surface area (Å²) in [6.45, 7) is 0.286. The van der Waals surface area contributed by atoms with Crippen molar-refractivity contribution in [3.8, 4) is 5.75 Å². The number of unbranched alkanes of at least 4 members (excludes halogenated alkanes) is 2. The Bertz CT molecular complexity index is 385. The molecule has 0 aliphatic carbocycles. The minimum absolute atomic E-state index is 0.0504. The van der Waals surface area contributed by atoms with E-state index >= 15 is 0 Å². The highest BCUT2D eigenvalue weighted by atomic mass is 19.2. The van der Waals surface area contributed by atoms with Crippen LogP contribution in [0.25, 0.3) is 0 Å². The number of halogens is 2. The van der Waals surface area contributed by atoms with Crippen LogP contribution in [0.4, 0.5) is 8.78 Å². The van der Waals surface area contributed by atoms with Crippen LogP contribution < -0.4 is 4.74 Å². The molecule has 17 heavy (non-hydrogen) atoms. The highest BCUT2D eigenvalue weighted by Gasteiger charge is 2.03. The summed E-state index contributed by atoms with van der Waals surface area (Å²) in [4.78, 5) is 9.66. The molecule has 0 saturated carbocycles. The Morgan fingerprint density at radius 2 is 1.94 bits per heavy atom. The van der Waals surface area contributed by atoms with Crippen LogP contribution >= 0.6 is 0 Å². The maximum atomic E-state index is 12.8. The molecular weight excluding hydrogens is 232 g/mol. The number of ether oxygens (including phenoxy) is 1. The normalized spacial score (nSPS) is 10.2. The van der Waals surface area contributed by atoms with Crippen molar-refractivity contribution in [2.75, 3.05) is 13.2 Å². The predicted molar refractivity (Wildman–Crippen MR) is 57.6 cm³/mol.